The van der Waals surface area contributed by atoms with Crippen LogP contribution in [0, 0.1) is 27.4 Å². The number of hydrogen-bond acceptors (Lipinski definition) is 6. The Balaban J connectivity index is 3.01. The summed E-state index contributed by atoms with van der Waals surface area (Å²) in [5, 5.41) is 19.8. The number of carbonyl (C=O) groups is 1. The van der Waals surface area contributed by atoms with Crippen LogP contribution < -0.4 is 4.74 Å². The molecule has 106 valence electrons. The van der Waals surface area contributed by atoms with Crippen LogP contribution in [0.1, 0.15) is 12.5 Å². The van der Waals surface area contributed by atoms with Crippen LogP contribution in [0.3, 0.4) is 0 Å². The van der Waals surface area contributed by atoms with Gasteiger partial charge in [-0.1, -0.05) is 0 Å². The minimum Gasteiger partial charge on any atom is -0.496 e. The Morgan fingerprint density at radius 1 is 1.50 bits per heavy atom. The van der Waals surface area contributed by atoms with Gasteiger partial charge in [0.25, 0.3) is 5.69 Å². The molecule has 1 rings (SSSR count). The zero-order valence-electron chi connectivity index (χ0n) is 11.2. The van der Waals surface area contributed by atoms with Gasteiger partial charge in [0, 0.05) is 6.07 Å². The number of rotatable bonds is 6. The zero-order valence-corrected chi connectivity index (χ0v) is 11.2. The number of esters is 1. The highest BCUT2D eigenvalue weighted by Gasteiger charge is 2.21. The number of nitro benzene ring substituents is 1. The third-order valence-electron chi connectivity index (χ3n) is 2.56. The summed E-state index contributed by atoms with van der Waals surface area (Å²) in [4.78, 5) is 21.8. The molecule has 0 aliphatic carbocycles. The number of nitro groups is 1. The van der Waals surface area contributed by atoms with E-state index in [1.54, 1.807) is 13.0 Å². The molecule has 7 heteroatoms. The van der Waals surface area contributed by atoms with Crippen LogP contribution in [0.2, 0.25) is 0 Å². The van der Waals surface area contributed by atoms with E-state index in [2.05, 4.69) is 0 Å². The van der Waals surface area contributed by atoms with Gasteiger partial charge in [-0.25, -0.2) is 0 Å². The minimum absolute atomic E-state index is 0.0351. The topological polar surface area (TPSA) is 102 Å². The second kappa shape index (κ2) is 7.09. The molecule has 20 heavy (non-hydrogen) atoms. The molecule has 0 fully saturated rings. The van der Waals surface area contributed by atoms with Gasteiger partial charge < -0.3 is 9.47 Å². The number of ether oxygens (including phenoxy) is 2. The summed E-state index contributed by atoms with van der Waals surface area (Å²) in [7, 11) is 1.38. The zero-order chi connectivity index (χ0) is 15.1. The van der Waals surface area contributed by atoms with Gasteiger partial charge in [-0.3, -0.25) is 14.9 Å². The lowest BCUT2D eigenvalue weighted by Crippen LogP contribution is -2.18. The average Bonchev–Trinajstić information content (AvgIpc) is 2.44. The molecule has 0 aliphatic heterocycles. The van der Waals surface area contributed by atoms with Crippen LogP contribution in [0.5, 0.6) is 5.75 Å². The molecular formula is C13H14N2O5. The lowest BCUT2D eigenvalue weighted by Gasteiger charge is -2.09. The SMILES string of the molecule is CCOC(=O)C(C#N)Cc1cc(OC)cc([N+](=O)[O-])c1. The van der Waals surface area contributed by atoms with Crippen molar-refractivity contribution in [1.82, 2.24) is 0 Å². The largest absolute Gasteiger partial charge is 0.496 e. The van der Waals surface area contributed by atoms with Crippen LogP contribution in [0.4, 0.5) is 5.69 Å². The molecule has 0 bridgehead atoms. The van der Waals surface area contributed by atoms with Gasteiger partial charge in [0.15, 0.2) is 0 Å². The molecule has 0 aromatic heterocycles. The number of hydrogen-bond donors (Lipinski definition) is 0. The van der Waals surface area contributed by atoms with Crippen LogP contribution in [-0.4, -0.2) is 24.6 Å². The fourth-order valence-electron chi connectivity index (χ4n) is 1.64. The van der Waals surface area contributed by atoms with Crippen molar-refractivity contribution in [3.8, 4) is 11.8 Å². The fraction of sp³-hybridized carbons (Fsp3) is 0.385. The quantitative estimate of drug-likeness (QED) is 0.447. The smallest absolute Gasteiger partial charge is 0.323 e. The summed E-state index contributed by atoms with van der Waals surface area (Å²) in [6.45, 7) is 1.82. The molecule has 7 nitrogen and oxygen atoms in total. The van der Waals surface area contributed by atoms with Crippen molar-refractivity contribution in [1.29, 1.82) is 5.26 Å². The number of carbonyl (C=O) groups excluding carboxylic acids is 1. The maximum atomic E-state index is 11.5. The molecule has 1 aromatic rings. The number of nitriles is 1. The first-order valence-electron chi connectivity index (χ1n) is 5.90. The second-order valence-electron chi connectivity index (χ2n) is 3.93. The van der Waals surface area contributed by atoms with E-state index in [-0.39, 0.29) is 18.7 Å². The highest BCUT2D eigenvalue weighted by atomic mass is 16.6. The molecule has 0 heterocycles. The van der Waals surface area contributed by atoms with Gasteiger partial charge in [0.05, 0.1) is 30.8 Å². The van der Waals surface area contributed by atoms with E-state index < -0.39 is 16.8 Å². The molecule has 0 saturated heterocycles. The highest BCUT2D eigenvalue weighted by molar-refractivity contribution is 5.75. The van der Waals surface area contributed by atoms with E-state index in [1.807, 2.05) is 6.07 Å². The van der Waals surface area contributed by atoms with Crippen LogP contribution >= 0.6 is 0 Å². The van der Waals surface area contributed by atoms with Crippen LogP contribution in [0.15, 0.2) is 18.2 Å². The van der Waals surface area contributed by atoms with Crippen molar-refractivity contribution < 1.29 is 19.2 Å². The number of nitrogens with zero attached hydrogens (tertiary/aromatic N) is 2. The standard InChI is InChI=1S/C13H14N2O5/c1-3-20-13(16)10(8-14)4-9-5-11(15(17)18)7-12(6-9)19-2/h5-7,10H,3-4H2,1-2H3. The molecule has 0 N–H and O–H groups in total. The third-order valence-corrected chi connectivity index (χ3v) is 2.56. The summed E-state index contributed by atoms with van der Waals surface area (Å²) in [5.74, 6) is -1.34. The molecular weight excluding hydrogens is 264 g/mol. The third kappa shape index (κ3) is 3.95. The van der Waals surface area contributed by atoms with Gasteiger partial charge in [0.2, 0.25) is 0 Å². The Kier molecular flexibility index (Phi) is 5.47. The van der Waals surface area contributed by atoms with Crippen molar-refractivity contribution in [2.24, 2.45) is 5.92 Å². The summed E-state index contributed by atoms with van der Waals surface area (Å²) < 4.78 is 9.74. The summed E-state index contributed by atoms with van der Waals surface area (Å²) >= 11 is 0. The van der Waals surface area contributed by atoms with E-state index in [0.717, 1.165) is 0 Å². The molecule has 1 atom stereocenters. The molecule has 0 aliphatic rings. The van der Waals surface area contributed by atoms with Crippen molar-refractivity contribution in [2.75, 3.05) is 13.7 Å². The van der Waals surface area contributed by atoms with Crippen molar-refractivity contribution in [3.05, 3.63) is 33.9 Å². The minimum atomic E-state index is -0.998. The first-order valence-corrected chi connectivity index (χ1v) is 5.90. The monoisotopic (exact) mass is 278 g/mol. The normalized spacial score (nSPS) is 11.2. The Labute approximate surface area is 115 Å². The number of non-ortho nitro benzene ring substituents is 1. The van der Waals surface area contributed by atoms with Gasteiger partial charge in [0.1, 0.15) is 11.7 Å². The Morgan fingerprint density at radius 2 is 2.20 bits per heavy atom. The van der Waals surface area contributed by atoms with Crippen molar-refractivity contribution in [3.63, 3.8) is 0 Å². The number of benzene rings is 1. The fourth-order valence-corrected chi connectivity index (χ4v) is 1.64. The van der Waals surface area contributed by atoms with Gasteiger partial charge in [-0.15, -0.1) is 0 Å². The molecule has 1 aromatic carbocycles. The van der Waals surface area contributed by atoms with Crippen molar-refractivity contribution in [2.45, 2.75) is 13.3 Å². The molecule has 1 unspecified atom stereocenters. The van der Waals surface area contributed by atoms with Gasteiger partial charge in [-0.2, -0.15) is 5.26 Å². The lowest BCUT2D eigenvalue weighted by atomic mass is 10.00. The highest BCUT2D eigenvalue weighted by Crippen LogP contribution is 2.24. The first-order chi connectivity index (χ1) is 9.51. The number of methoxy groups -OCH3 is 1. The van der Waals surface area contributed by atoms with Crippen LogP contribution in [-0.2, 0) is 16.0 Å². The van der Waals surface area contributed by atoms with E-state index in [0.29, 0.717) is 11.3 Å². The summed E-state index contributed by atoms with van der Waals surface area (Å²) in [6.07, 6.45) is 0.0351. The second-order valence-corrected chi connectivity index (χ2v) is 3.93. The van der Waals surface area contributed by atoms with E-state index in [4.69, 9.17) is 14.7 Å². The molecule has 0 amide bonds. The predicted molar refractivity (Wildman–Crippen MR) is 69.1 cm³/mol. The van der Waals surface area contributed by atoms with Gasteiger partial charge >= 0.3 is 5.97 Å². The lowest BCUT2D eigenvalue weighted by molar-refractivity contribution is -0.385. The molecule has 0 saturated carbocycles. The molecule has 0 radical (unpaired) electrons. The molecule has 0 spiro atoms. The van der Waals surface area contributed by atoms with E-state index in [1.165, 1.54) is 19.2 Å². The summed E-state index contributed by atoms with van der Waals surface area (Å²) in [5.41, 5.74) is 0.315. The average molecular weight is 278 g/mol. The predicted octanol–water partition coefficient (Wildman–Crippen LogP) is 1.85. The maximum Gasteiger partial charge on any atom is 0.323 e. The summed E-state index contributed by atoms with van der Waals surface area (Å²) in [6, 6.07) is 5.97. The maximum absolute atomic E-state index is 11.5. The Morgan fingerprint density at radius 3 is 2.70 bits per heavy atom. The van der Waals surface area contributed by atoms with Crippen molar-refractivity contribution >= 4 is 11.7 Å². The van der Waals surface area contributed by atoms with Gasteiger partial charge in [-0.05, 0) is 25.0 Å². The Hall–Kier alpha value is -2.62. The van der Waals surface area contributed by atoms with Crippen LogP contribution in [0.25, 0.3) is 0 Å². The Bertz CT molecular complexity index is 550. The van der Waals surface area contributed by atoms with E-state index in [9.17, 15) is 14.9 Å². The first kappa shape index (κ1) is 15.4. The van der Waals surface area contributed by atoms with E-state index >= 15 is 0 Å².